The maximum Gasteiger partial charge on any atom is 0.295 e. The molecule has 0 bridgehead atoms. The number of Topliss-reactive ketones (excluding diaryl/α,β-unsaturated/α-hetero) is 1. The van der Waals surface area contributed by atoms with Gasteiger partial charge in [-0.05, 0) is 39.2 Å². The number of anilines is 2. The molecule has 13 nitrogen and oxygen atoms in total. The lowest BCUT2D eigenvalue weighted by Gasteiger charge is -2.35. The number of nitrogens with zero attached hydrogens (tertiary/aromatic N) is 5. The Morgan fingerprint density at radius 2 is 1.95 bits per heavy atom. The summed E-state index contributed by atoms with van der Waals surface area (Å²) in [5.41, 5.74) is 2.93. The van der Waals surface area contributed by atoms with Gasteiger partial charge in [0.1, 0.15) is 5.82 Å². The molecular weight excluding hydrogens is 519 g/mol. The molecule has 1 aliphatic rings. The molecule has 0 unspecified atom stereocenters. The third kappa shape index (κ3) is 6.35. The van der Waals surface area contributed by atoms with Gasteiger partial charge in [0.15, 0.2) is 11.6 Å². The molecule has 214 valence electrons. The number of fused-ring (bicyclic) bond motifs is 1. The molecule has 14 heteroatoms. The topological polar surface area (TPSA) is 165 Å². The fourth-order valence-corrected chi connectivity index (χ4v) is 4.46. The summed E-state index contributed by atoms with van der Waals surface area (Å²) >= 11 is 0. The van der Waals surface area contributed by atoms with Gasteiger partial charge >= 0.3 is 0 Å². The van der Waals surface area contributed by atoms with Crippen molar-refractivity contribution in [1.82, 2.24) is 35.5 Å². The Bertz CT molecular complexity index is 1410. The van der Waals surface area contributed by atoms with Crippen molar-refractivity contribution in [3.05, 3.63) is 60.1 Å². The number of hydrogen-bond acceptors (Lipinski definition) is 10. The Hall–Kier alpha value is -4.56. The van der Waals surface area contributed by atoms with Crippen molar-refractivity contribution < 1.29 is 20.2 Å². The van der Waals surface area contributed by atoms with E-state index in [0.717, 1.165) is 19.2 Å². The van der Waals surface area contributed by atoms with Gasteiger partial charge in [0.2, 0.25) is 0 Å². The van der Waals surface area contributed by atoms with Gasteiger partial charge in [0.25, 0.3) is 17.6 Å². The normalized spacial score (nSPS) is 13.7. The zero-order valence-electron chi connectivity index (χ0n) is 22.4. The molecule has 3 aromatic rings. The first-order valence-corrected chi connectivity index (χ1v) is 12.8. The minimum Gasteiger partial charge on any atom is -0.357 e. The minimum atomic E-state index is -0.828. The van der Waals surface area contributed by atoms with Crippen LogP contribution in [-0.4, -0.2) is 95.7 Å². The highest BCUT2D eigenvalue weighted by Crippen LogP contribution is 2.27. The van der Waals surface area contributed by atoms with Crippen LogP contribution in [0.5, 0.6) is 0 Å². The lowest BCUT2D eigenvalue weighted by atomic mass is 10.1. The van der Waals surface area contributed by atoms with E-state index in [1.165, 1.54) is 23.5 Å². The zero-order valence-corrected chi connectivity index (χ0v) is 22.4. The molecule has 1 aliphatic heterocycles. The fourth-order valence-electron chi connectivity index (χ4n) is 4.46. The number of rotatable bonds is 11. The highest BCUT2D eigenvalue weighted by molar-refractivity contribution is 6.45. The molecule has 1 saturated heterocycles. The molecule has 2 amide bonds. The standard InChI is InChI=1S/C26H33FN10O3.H2/c1-35(2)10-4-7-31-25(39)17-5-3-6-30-24(17)36-11-13-37(14-12-36)26(40)22(38)18-15-32-21-20(18)19(27)16-33-23(21)29-8-9-34-28;/h3,5-6,8-9,15-16,32,34H,4,7,10-14,28H2,1-2H3,(H,29,33)(H,31,39);1H/b9-8-;. The Labute approximate surface area is 232 Å². The smallest absolute Gasteiger partial charge is 0.295 e. The van der Waals surface area contributed by atoms with Crippen LogP contribution in [-0.2, 0) is 4.79 Å². The van der Waals surface area contributed by atoms with Crippen LogP contribution < -0.4 is 26.8 Å². The van der Waals surface area contributed by atoms with Gasteiger partial charge in [-0.15, -0.1) is 0 Å². The molecule has 0 spiro atoms. The Balaban J connectivity index is 0.00000462. The number of halogens is 1. The molecule has 0 aliphatic carbocycles. The highest BCUT2D eigenvalue weighted by atomic mass is 19.1. The van der Waals surface area contributed by atoms with E-state index in [1.807, 2.05) is 23.9 Å². The van der Waals surface area contributed by atoms with E-state index in [0.29, 0.717) is 31.0 Å². The lowest BCUT2D eigenvalue weighted by Crippen LogP contribution is -2.51. The number of hydrazine groups is 1. The molecular formula is C26H35FN10O3. The monoisotopic (exact) mass is 554 g/mol. The first kappa shape index (κ1) is 28.4. The van der Waals surface area contributed by atoms with Crippen LogP contribution in [0.4, 0.5) is 16.0 Å². The molecule has 0 aromatic carbocycles. The van der Waals surface area contributed by atoms with Crippen LogP contribution in [0.15, 0.2) is 43.1 Å². The summed E-state index contributed by atoms with van der Waals surface area (Å²) in [7, 11) is 3.95. The van der Waals surface area contributed by atoms with E-state index in [1.54, 1.807) is 18.3 Å². The van der Waals surface area contributed by atoms with Crippen LogP contribution in [0.3, 0.4) is 0 Å². The summed E-state index contributed by atoms with van der Waals surface area (Å²) in [6, 6.07) is 3.43. The van der Waals surface area contributed by atoms with Gasteiger partial charge in [-0.2, -0.15) is 0 Å². The predicted octanol–water partition coefficient (Wildman–Crippen LogP) is 0.902. The van der Waals surface area contributed by atoms with Gasteiger partial charge in [-0.3, -0.25) is 20.2 Å². The number of carbonyl (C=O) groups is 3. The Kier molecular flexibility index (Phi) is 9.24. The minimum absolute atomic E-state index is 0. The average molecular weight is 555 g/mol. The quantitative estimate of drug-likeness (QED) is 0.0756. The van der Waals surface area contributed by atoms with Crippen LogP contribution in [0, 0.1) is 5.82 Å². The molecule has 40 heavy (non-hydrogen) atoms. The summed E-state index contributed by atoms with van der Waals surface area (Å²) < 4.78 is 14.7. The first-order valence-electron chi connectivity index (χ1n) is 12.8. The molecule has 6 N–H and O–H groups in total. The molecule has 0 radical (unpaired) electrons. The number of amides is 2. The van der Waals surface area contributed by atoms with Gasteiger partial charge in [0.05, 0.1) is 28.2 Å². The fraction of sp³-hybridized carbons (Fsp3) is 0.346. The van der Waals surface area contributed by atoms with Crippen molar-refractivity contribution in [1.29, 1.82) is 0 Å². The molecule has 3 aromatic heterocycles. The van der Waals surface area contributed by atoms with Crippen molar-refractivity contribution in [3.63, 3.8) is 0 Å². The number of nitrogens with one attached hydrogen (secondary N) is 4. The second-order valence-corrected chi connectivity index (χ2v) is 9.45. The summed E-state index contributed by atoms with van der Waals surface area (Å²) in [5.74, 6) is 3.47. The molecule has 0 atom stereocenters. The van der Waals surface area contributed by atoms with E-state index in [-0.39, 0.29) is 42.7 Å². The van der Waals surface area contributed by atoms with Crippen molar-refractivity contribution in [2.24, 2.45) is 5.84 Å². The van der Waals surface area contributed by atoms with Crippen molar-refractivity contribution in [3.8, 4) is 0 Å². The predicted molar refractivity (Wildman–Crippen MR) is 151 cm³/mol. The van der Waals surface area contributed by atoms with E-state index in [2.05, 4.69) is 31.0 Å². The number of aromatic amines is 1. The number of aromatic nitrogens is 3. The summed E-state index contributed by atoms with van der Waals surface area (Å²) in [4.78, 5) is 55.7. The van der Waals surface area contributed by atoms with E-state index in [4.69, 9.17) is 5.84 Å². The van der Waals surface area contributed by atoms with Crippen LogP contribution >= 0.6 is 0 Å². The van der Waals surface area contributed by atoms with Gasteiger partial charge in [-0.25, -0.2) is 14.4 Å². The van der Waals surface area contributed by atoms with Crippen molar-refractivity contribution in [2.75, 3.05) is 63.6 Å². The average Bonchev–Trinajstić information content (AvgIpc) is 3.42. The third-order valence-corrected chi connectivity index (χ3v) is 6.47. The number of carbonyl (C=O) groups excluding carboxylic acids is 3. The van der Waals surface area contributed by atoms with E-state index >= 15 is 0 Å². The first-order chi connectivity index (χ1) is 19.3. The second kappa shape index (κ2) is 13.0. The van der Waals surface area contributed by atoms with Crippen molar-refractivity contribution >= 4 is 40.1 Å². The Morgan fingerprint density at radius 3 is 2.67 bits per heavy atom. The lowest BCUT2D eigenvalue weighted by molar-refractivity contribution is -0.126. The van der Waals surface area contributed by atoms with Crippen LogP contribution in [0.2, 0.25) is 0 Å². The van der Waals surface area contributed by atoms with Gasteiger partial charge < -0.3 is 35.7 Å². The molecule has 1 fully saturated rings. The van der Waals surface area contributed by atoms with Crippen LogP contribution in [0.1, 0.15) is 28.6 Å². The van der Waals surface area contributed by atoms with Gasteiger partial charge in [0, 0.05) is 58.9 Å². The molecule has 4 rings (SSSR count). The summed E-state index contributed by atoms with van der Waals surface area (Å²) in [6.07, 6.45) is 7.58. The van der Waals surface area contributed by atoms with E-state index < -0.39 is 17.5 Å². The number of hydrogen-bond donors (Lipinski definition) is 5. The number of H-pyrrole nitrogens is 1. The van der Waals surface area contributed by atoms with E-state index in [9.17, 15) is 18.8 Å². The van der Waals surface area contributed by atoms with Gasteiger partial charge in [-0.1, -0.05) is 0 Å². The molecule has 4 heterocycles. The number of nitrogens with two attached hydrogens (primary N) is 1. The molecule has 0 saturated carbocycles. The number of piperazine rings is 1. The van der Waals surface area contributed by atoms with Crippen LogP contribution in [0.25, 0.3) is 10.9 Å². The zero-order chi connectivity index (χ0) is 28.6. The number of ketones is 1. The number of pyridine rings is 2. The van der Waals surface area contributed by atoms with Crippen molar-refractivity contribution in [2.45, 2.75) is 6.42 Å². The third-order valence-electron chi connectivity index (χ3n) is 6.47. The second-order valence-electron chi connectivity index (χ2n) is 9.45. The summed E-state index contributed by atoms with van der Waals surface area (Å²) in [6.45, 7) is 2.62. The summed E-state index contributed by atoms with van der Waals surface area (Å²) in [5, 5.41) is 5.73. The maximum atomic E-state index is 14.7. The maximum absolute atomic E-state index is 14.7. The SMILES string of the molecule is CN(C)CCCNC(=O)c1cccnc1N1CCN(C(=O)C(=O)c2c[nH]c3c(N/C=C\NN)ncc(F)c23)CC1.[HH]. The largest absolute Gasteiger partial charge is 0.357 e. The Morgan fingerprint density at radius 1 is 1.18 bits per heavy atom. The highest BCUT2D eigenvalue weighted by Gasteiger charge is 2.31.